The van der Waals surface area contributed by atoms with Crippen LogP contribution in [0.1, 0.15) is 39.7 Å². The van der Waals surface area contributed by atoms with Crippen LogP contribution in [0.5, 0.6) is 0 Å². The first-order valence-corrected chi connectivity index (χ1v) is 8.76. The Labute approximate surface area is 156 Å². The number of rotatable bonds is 3. The van der Waals surface area contributed by atoms with E-state index >= 15 is 0 Å². The molecule has 130 valence electrons. The summed E-state index contributed by atoms with van der Waals surface area (Å²) in [7, 11) is 0. The van der Waals surface area contributed by atoms with Crippen LogP contribution in [0.2, 0.25) is 5.02 Å². The maximum atomic E-state index is 13.1. The minimum Gasteiger partial charge on any atom is -0.467 e. The third kappa shape index (κ3) is 3.16. The van der Waals surface area contributed by atoms with Crippen LogP contribution in [0, 0.1) is 6.92 Å². The summed E-state index contributed by atoms with van der Waals surface area (Å²) >= 11 is 5.98. The van der Waals surface area contributed by atoms with E-state index in [1.54, 1.807) is 6.26 Å². The zero-order chi connectivity index (χ0) is 18.1. The molecule has 0 unspecified atom stereocenters. The van der Waals surface area contributed by atoms with Gasteiger partial charge in [-0.3, -0.25) is 4.79 Å². The van der Waals surface area contributed by atoms with E-state index in [-0.39, 0.29) is 11.9 Å². The Hall–Kier alpha value is -2.85. The van der Waals surface area contributed by atoms with Crippen molar-refractivity contribution in [3.05, 3.63) is 94.4 Å². The maximum absolute atomic E-state index is 13.1. The molecule has 0 saturated carbocycles. The lowest BCUT2D eigenvalue weighted by Gasteiger charge is -2.20. The topological polar surface area (TPSA) is 45.8 Å². The second kappa shape index (κ2) is 6.81. The van der Waals surface area contributed by atoms with Gasteiger partial charge in [0, 0.05) is 17.0 Å². The molecule has 2 heterocycles. The third-order valence-corrected chi connectivity index (χ3v) is 4.72. The molecule has 1 amide bonds. The van der Waals surface area contributed by atoms with Crippen LogP contribution in [0.15, 0.2) is 76.4 Å². The Morgan fingerprint density at radius 3 is 2.50 bits per heavy atom. The largest absolute Gasteiger partial charge is 0.467 e. The van der Waals surface area contributed by atoms with Crippen LogP contribution >= 0.6 is 11.6 Å². The highest BCUT2D eigenvalue weighted by molar-refractivity contribution is 6.30. The normalized spacial score (nSPS) is 16.6. The average Bonchev–Trinajstić information content (AvgIpc) is 3.32. The molecule has 2 aromatic carbocycles. The minimum absolute atomic E-state index is 0.143. The Balaban J connectivity index is 1.70. The highest BCUT2D eigenvalue weighted by atomic mass is 35.5. The number of aryl methyl sites for hydroxylation is 1. The lowest BCUT2D eigenvalue weighted by atomic mass is 10.0. The molecular formula is C21H17ClN2O2. The number of carbonyl (C=O) groups excluding carboxylic acids is 1. The van der Waals surface area contributed by atoms with E-state index in [0.29, 0.717) is 17.0 Å². The molecule has 5 heteroatoms. The average molecular weight is 365 g/mol. The van der Waals surface area contributed by atoms with Gasteiger partial charge in [-0.05, 0) is 48.9 Å². The van der Waals surface area contributed by atoms with Crippen molar-refractivity contribution in [1.29, 1.82) is 0 Å². The summed E-state index contributed by atoms with van der Waals surface area (Å²) in [4.78, 5) is 13.1. The first-order chi connectivity index (χ1) is 12.6. The van der Waals surface area contributed by atoms with Gasteiger partial charge >= 0.3 is 0 Å². The summed E-state index contributed by atoms with van der Waals surface area (Å²) in [5.41, 5.74) is 3.50. The summed E-state index contributed by atoms with van der Waals surface area (Å²) in [6, 6.07) is 18.4. The molecule has 1 atom stereocenters. The van der Waals surface area contributed by atoms with Gasteiger partial charge < -0.3 is 4.42 Å². The number of amides is 1. The summed E-state index contributed by atoms with van der Waals surface area (Å²) in [5.74, 6) is 0.577. The second-order valence-electron chi connectivity index (χ2n) is 6.30. The van der Waals surface area contributed by atoms with Gasteiger partial charge in [-0.1, -0.05) is 41.4 Å². The number of furan rings is 1. The second-order valence-corrected chi connectivity index (χ2v) is 6.74. The quantitative estimate of drug-likeness (QED) is 0.638. The zero-order valence-corrected chi connectivity index (χ0v) is 15.0. The lowest BCUT2D eigenvalue weighted by molar-refractivity contribution is 0.0693. The molecule has 0 radical (unpaired) electrons. The summed E-state index contributed by atoms with van der Waals surface area (Å²) < 4.78 is 5.57. The lowest BCUT2D eigenvalue weighted by Crippen LogP contribution is -2.26. The van der Waals surface area contributed by atoms with E-state index in [1.165, 1.54) is 5.01 Å². The number of nitrogens with zero attached hydrogens (tertiary/aromatic N) is 2. The molecule has 0 fully saturated rings. The van der Waals surface area contributed by atoms with E-state index in [9.17, 15) is 4.79 Å². The Kier molecular flexibility index (Phi) is 4.35. The predicted molar refractivity (Wildman–Crippen MR) is 101 cm³/mol. The van der Waals surface area contributed by atoms with E-state index in [4.69, 9.17) is 16.0 Å². The molecule has 4 rings (SSSR count). The van der Waals surface area contributed by atoms with Crippen molar-refractivity contribution in [3.8, 4) is 0 Å². The number of carbonyl (C=O) groups is 1. The van der Waals surface area contributed by atoms with Crippen LogP contribution in [0.3, 0.4) is 0 Å². The maximum Gasteiger partial charge on any atom is 0.274 e. The third-order valence-electron chi connectivity index (χ3n) is 4.47. The van der Waals surface area contributed by atoms with Crippen molar-refractivity contribution in [3.63, 3.8) is 0 Å². The van der Waals surface area contributed by atoms with Crippen LogP contribution in [-0.2, 0) is 0 Å². The minimum atomic E-state index is -0.260. The fraction of sp³-hybridized carbons (Fsp3) is 0.143. The molecular weight excluding hydrogens is 348 g/mol. The molecule has 0 aliphatic carbocycles. The molecule has 1 aliphatic heterocycles. The van der Waals surface area contributed by atoms with Crippen molar-refractivity contribution in [1.82, 2.24) is 5.01 Å². The first-order valence-electron chi connectivity index (χ1n) is 8.39. The number of hydrogen-bond donors (Lipinski definition) is 0. The Morgan fingerprint density at radius 1 is 1.12 bits per heavy atom. The van der Waals surface area contributed by atoms with E-state index < -0.39 is 0 Å². The van der Waals surface area contributed by atoms with Crippen LogP contribution in [-0.4, -0.2) is 16.6 Å². The Morgan fingerprint density at radius 2 is 1.85 bits per heavy atom. The summed E-state index contributed by atoms with van der Waals surface area (Å²) in [6.45, 7) is 1.99. The highest BCUT2D eigenvalue weighted by Crippen LogP contribution is 2.34. The van der Waals surface area contributed by atoms with Crippen molar-refractivity contribution in [2.45, 2.75) is 19.4 Å². The van der Waals surface area contributed by atoms with Gasteiger partial charge in [0.25, 0.3) is 5.91 Å². The number of benzene rings is 2. The number of hydrogen-bond acceptors (Lipinski definition) is 3. The van der Waals surface area contributed by atoms with Crippen molar-refractivity contribution >= 4 is 23.2 Å². The SMILES string of the molecule is Cc1ccc(C(=O)N2N=C(c3ccc(Cl)cc3)C[C@H]2c2ccco2)cc1. The van der Waals surface area contributed by atoms with Crippen LogP contribution in [0.25, 0.3) is 0 Å². The van der Waals surface area contributed by atoms with Crippen LogP contribution in [0.4, 0.5) is 0 Å². The van der Waals surface area contributed by atoms with E-state index in [1.807, 2.05) is 67.6 Å². The zero-order valence-electron chi connectivity index (χ0n) is 14.2. The highest BCUT2D eigenvalue weighted by Gasteiger charge is 2.35. The molecule has 26 heavy (non-hydrogen) atoms. The van der Waals surface area contributed by atoms with Crippen molar-refractivity contribution in [2.24, 2.45) is 5.10 Å². The molecule has 4 nitrogen and oxygen atoms in total. The van der Waals surface area contributed by atoms with Crippen LogP contribution < -0.4 is 0 Å². The van der Waals surface area contributed by atoms with Crippen molar-refractivity contribution < 1.29 is 9.21 Å². The molecule has 0 spiro atoms. The Bertz CT molecular complexity index is 945. The molecule has 0 N–H and O–H groups in total. The predicted octanol–water partition coefficient (Wildman–Crippen LogP) is 5.23. The van der Waals surface area contributed by atoms with E-state index in [2.05, 4.69) is 5.10 Å². The fourth-order valence-corrected chi connectivity index (χ4v) is 3.17. The smallest absolute Gasteiger partial charge is 0.274 e. The molecule has 1 aliphatic rings. The van der Waals surface area contributed by atoms with Gasteiger partial charge in [0.2, 0.25) is 0 Å². The molecule has 0 saturated heterocycles. The summed E-state index contributed by atoms with van der Waals surface area (Å²) in [5, 5.41) is 6.81. The molecule has 1 aromatic heterocycles. The van der Waals surface area contributed by atoms with Gasteiger partial charge in [-0.2, -0.15) is 5.10 Å². The van der Waals surface area contributed by atoms with Gasteiger partial charge in [0.05, 0.1) is 12.0 Å². The summed E-state index contributed by atoms with van der Waals surface area (Å²) in [6.07, 6.45) is 2.21. The number of halogens is 1. The molecule has 0 bridgehead atoms. The monoisotopic (exact) mass is 364 g/mol. The number of hydrazone groups is 1. The van der Waals surface area contributed by atoms with E-state index in [0.717, 1.165) is 22.6 Å². The molecule has 3 aromatic rings. The van der Waals surface area contributed by atoms with Gasteiger partial charge in [-0.15, -0.1) is 0 Å². The standard InChI is InChI=1S/C21H17ClN2O2/c1-14-4-6-16(7-5-14)21(25)24-19(20-3-2-12-26-20)13-18(23-24)15-8-10-17(22)11-9-15/h2-12,19H,13H2,1H3/t19-/m0/s1. The van der Waals surface area contributed by atoms with Gasteiger partial charge in [0.1, 0.15) is 11.8 Å². The van der Waals surface area contributed by atoms with Crippen molar-refractivity contribution in [2.75, 3.05) is 0 Å². The first kappa shape index (κ1) is 16.6. The van der Waals surface area contributed by atoms with Gasteiger partial charge in [0.15, 0.2) is 0 Å². The fourth-order valence-electron chi connectivity index (χ4n) is 3.05. The van der Waals surface area contributed by atoms with Gasteiger partial charge in [-0.25, -0.2) is 5.01 Å².